The zero-order chi connectivity index (χ0) is 13.5. The van der Waals surface area contributed by atoms with Gasteiger partial charge in [-0.05, 0) is 13.8 Å². The minimum atomic E-state index is -1.20. The first kappa shape index (κ1) is 13.7. The summed E-state index contributed by atoms with van der Waals surface area (Å²) in [6.45, 7) is 4.31. The van der Waals surface area contributed by atoms with E-state index in [1.807, 2.05) is 0 Å². The molecule has 1 aromatic carbocycles. The summed E-state index contributed by atoms with van der Waals surface area (Å²) in [5, 5.41) is 9.02. The molecule has 0 spiro atoms. The summed E-state index contributed by atoms with van der Waals surface area (Å²) >= 11 is 0. The summed E-state index contributed by atoms with van der Waals surface area (Å²) < 4.78 is 10.6. The van der Waals surface area contributed by atoms with Crippen molar-refractivity contribution in [1.29, 1.82) is 0 Å². The topological polar surface area (TPSA) is 85.2 Å². The van der Waals surface area contributed by atoms with E-state index in [1.54, 1.807) is 13.8 Å². The van der Waals surface area contributed by atoms with Crippen molar-refractivity contribution in [2.45, 2.75) is 13.8 Å². The lowest BCUT2D eigenvalue weighted by molar-refractivity contribution is 0.0697. The van der Waals surface area contributed by atoms with E-state index in [9.17, 15) is 9.59 Å². The second kappa shape index (κ2) is 6.42. The van der Waals surface area contributed by atoms with Crippen LogP contribution in [0.3, 0.4) is 0 Å². The van der Waals surface area contributed by atoms with Crippen LogP contribution in [-0.2, 0) is 4.79 Å². The predicted octanol–water partition coefficient (Wildman–Crippen LogP) is 2.15. The Balaban J connectivity index is 3.38. The van der Waals surface area contributed by atoms with Crippen LogP contribution >= 0.6 is 0 Å². The maximum atomic E-state index is 11.0. The molecule has 0 heterocycles. The van der Waals surface area contributed by atoms with Gasteiger partial charge < -0.3 is 14.6 Å². The zero-order valence-electron chi connectivity index (χ0n) is 10.1. The van der Waals surface area contributed by atoms with Crippen LogP contribution in [0.1, 0.15) is 24.2 Å². The maximum absolute atomic E-state index is 11.0. The van der Waals surface area contributed by atoms with Gasteiger partial charge >= 0.3 is 5.97 Å². The number of carbonyl (C=O) groups is 1. The van der Waals surface area contributed by atoms with Crippen molar-refractivity contribution in [2.24, 2.45) is 4.99 Å². The lowest BCUT2D eigenvalue weighted by atomic mass is 10.1. The fourth-order valence-corrected chi connectivity index (χ4v) is 1.40. The van der Waals surface area contributed by atoms with Gasteiger partial charge in [-0.2, -0.15) is 4.99 Å². The highest BCUT2D eigenvalue weighted by Gasteiger charge is 2.16. The van der Waals surface area contributed by atoms with Gasteiger partial charge in [-0.1, -0.05) is 0 Å². The van der Waals surface area contributed by atoms with Crippen LogP contribution in [-0.4, -0.2) is 30.4 Å². The number of isocyanates is 1. The lowest BCUT2D eigenvalue weighted by Crippen LogP contribution is -2.02. The van der Waals surface area contributed by atoms with Crippen molar-refractivity contribution in [3.63, 3.8) is 0 Å². The standard InChI is InChI=1S/C12H13NO5/c1-3-17-10-5-8(12(15)16)9(13-7-14)6-11(10)18-4-2/h5-6H,3-4H2,1-2H3,(H,15,16). The third kappa shape index (κ3) is 3.09. The SMILES string of the molecule is CCOc1cc(N=C=O)c(C(=O)O)cc1OCC. The average Bonchev–Trinajstić information content (AvgIpc) is 2.32. The molecule has 18 heavy (non-hydrogen) atoms. The first-order valence-electron chi connectivity index (χ1n) is 5.38. The fraction of sp³-hybridized carbons (Fsp3) is 0.333. The van der Waals surface area contributed by atoms with Crippen LogP contribution in [0.5, 0.6) is 11.5 Å². The van der Waals surface area contributed by atoms with E-state index in [0.717, 1.165) is 0 Å². The van der Waals surface area contributed by atoms with Crippen LogP contribution in [0.4, 0.5) is 5.69 Å². The number of aliphatic imine (C=N–C) groups is 1. The average molecular weight is 251 g/mol. The highest BCUT2D eigenvalue weighted by atomic mass is 16.5. The molecule has 0 saturated carbocycles. The van der Waals surface area contributed by atoms with Gasteiger partial charge in [0.1, 0.15) is 0 Å². The van der Waals surface area contributed by atoms with E-state index in [1.165, 1.54) is 18.2 Å². The van der Waals surface area contributed by atoms with Gasteiger partial charge in [0.15, 0.2) is 11.5 Å². The van der Waals surface area contributed by atoms with E-state index in [0.29, 0.717) is 24.7 Å². The number of hydrogen-bond acceptors (Lipinski definition) is 5. The Morgan fingerprint density at radius 3 is 2.28 bits per heavy atom. The van der Waals surface area contributed by atoms with E-state index in [-0.39, 0.29) is 11.3 Å². The number of rotatable bonds is 6. The third-order valence-electron chi connectivity index (χ3n) is 2.06. The zero-order valence-corrected chi connectivity index (χ0v) is 10.1. The number of carboxylic acids is 1. The van der Waals surface area contributed by atoms with Crippen molar-refractivity contribution in [3.05, 3.63) is 17.7 Å². The van der Waals surface area contributed by atoms with Gasteiger partial charge in [0.05, 0.1) is 24.5 Å². The van der Waals surface area contributed by atoms with Crippen molar-refractivity contribution in [2.75, 3.05) is 13.2 Å². The first-order chi connectivity index (χ1) is 8.63. The van der Waals surface area contributed by atoms with E-state index >= 15 is 0 Å². The van der Waals surface area contributed by atoms with Gasteiger partial charge in [0.25, 0.3) is 0 Å². The molecule has 0 aliphatic heterocycles. The lowest BCUT2D eigenvalue weighted by Gasteiger charge is -2.12. The second-order valence-corrected chi connectivity index (χ2v) is 3.19. The number of carboxylic acid groups (broad SMARTS) is 1. The van der Waals surface area contributed by atoms with Crippen LogP contribution in [0.25, 0.3) is 0 Å². The van der Waals surface area contributed by atoms with E-state index in [2.05, 4.69) is 4.99 Å². The minimum absolute atomic E-state index is 0.00981. The molecule has 6 heteroatoms. The third-order valence-corrected chi connectivity index (χ3v) is 2.06. The summed E-state index contributed by atoms with van der Waals surface area (Å²) in [7, 11) is 0. The molecular formula is C12H13NO5. The Labute approximate surface area is 104 Å². The Morgan fingerprint density at radius 1 is 1.28 bits per heavy atom. The molecule has 0 aliphatic rings. The number of benzene rings is 1. The number of carbonyl (C=O) groups excluding carboxylic acids is 1. The molecule has 1 rings (SSSR count). The van der Waals surface area contributed by atoms with E-state index in [4.69, 9.17) is 14.6 Å². The van der Waals surface area contributed by atoms with Crippen molar-refractivity contribution >= 4 is 17.7 Å². The van der Waals surface area contributed by atoms with Crippen molar-refractivity contribution in [1.82, 2.24) is 0 Å². The van der Waals surface area contributed by atoms with Crippen molar-refractivity contribution < 1.29 is 24.2 Å². The molecule has 1 aromatic rings. The molecule has 0 aliphatic carbocycles. The second-order valence-electron chi connectivity index (χ2n) is 3.19. The number of hydrogen-bond donors (Lipinski definition) is 1. The molecule has 0 bridgehead atoms. The largest absolute Gasteiger partial charge is 0.490 e. The molecular weight excluding hydrogens is 238 g/mol. The first-order valence-corrected chi connectivity index (χ1v) is 5.38. The Kier molecular flexibility index (Phi) is 4.90. The van der Waals surface area contributed by atoms with Gasteiger partial charge in [0.2, 0.25) is 6.08 Å². The molecule has 0 amide bonds. The van der Waals surface area contributed by atoms with Gasteiger partial charge in [-0.3, -0.25) is 0 Å². The van der Waals surface area contributed by atoms with Gasteiger partial charge in [-0.15, -0.1) is 0 Å². The molecule has 0 radical (unpaired) electrons. The monoisotopic (exact) mass is 251 g/mol. The summed E-state index contributed by atoms with van der Waals surface area (Å²) in [4.78, 5) is 24.7. The quantitative estimate of drug-likeness (QED) is 0.618. The van der Waals surface area contributed by atoms with Crippen molar-refractivity contribution in [3.8, 4) is 11.5 Å². The Hall–Kier alpha value is -2.33. The Morgan fingerprint density at radius 2 is 1.83 bits per heavy atom. The highest BCUT2D eigenvalue weighted by molar-refractivity contribution is 5.95. The van der Waals surface area contributed by atoms with E-state index < -0.39 is 5.97 Å². The number of nitrogens with zero attached hydrogens (tertiary/aromatic N) is 1. The number of aromatic carboxylic acids is 1. The summed E-state index contributed by atoms with van der Waals surface area (Å²) in [5.41, 5.74) is -0.144. The van der Waals surface area contributed by atoms with Gasteiger partial charge in [0, 0.05) is 12.1 Å². The molecule has 1 N–H and O–H groups in total. The predicted molar refractivity (Wildman–Crippen MR) is 63.5 cm³/mol. The molecule has 6 nitrogen and oxygen atoms in total. The molecule has 0 fully saturated rings. The van der Waals surface area contributed by atoms with Crippen LogP contribution in [0, 0.1) is 0 Å². The number of ether oxygens (including phenoxy) is 2. The molecule has 0 aromatic heterocycles. The smallest absolute Gasteiger partial charge is 0.338 e. The molecule has 0 atom stereocenters. The molecule has 0 saturated heterocycles. The Bertz CT molecular complexity index is 460. The van der Waals surface area contributed by atoms with Gasteiger partial charge in [-0.25, -0.2) is 9.59 Å². The molecule has 96 valence electrons. The van der Waals surface area contributed by atoms with Crippen LogP contribution in [0.2, 0.25) is 0 Å². The summed E-state index contributed by atoms with van der Waals surface area (Å²) in [5.74, 6) is -0.548. The molecule has 0 unspecified atom stereocenters. The maximum Gasteiger partial charge on any atom is 0.338 e. The van der Waals surface area contributed by atoms with Crippen LogP contribution in [0.15, 0.2) is 17.1 Å². The minimum Gasteiger partial charge on any atom is -0.490 e. The fourth-order valence-electron chi connectivity index (χ4n) is 1.40. The highest BCUT2D eigenvalue weighted by Crippen LogP contribution is 2.35. The summed E-state index contributed by atoms with van der Waals surface area (Å²) in [6.07, 6.45) is 1.32. The summed E-state index contributed by atoms with van der Waals surface area (Å²) in [6, 6.07) is 2.63. The van der Waals surface area contributed by atoms with Crippen LogP contribution < -0.4 is 9.47 Å². The normalized spacial score (nSPS) is 9.44.